The molecule has 13 aromatic rings. The molecule has 0 fully saturated rings. The summed E-state index contributed by atoms with van der Waals surface area (Å²) in [6.07, 6.45) is 0. The lowest BCUT2D eigenvalue weighted by atomic mass is 9.85. The Labute approximate surface area is 485 Å². The van der Waals surface area contributed by atoms with Crippen molar-refractivity contribution in [1.82, 2.24) is 9.13 Å². The van der Waals surface area contributed by atoms with E-state index in [4.69, 9.17) is 0 Å². The van der Waals surface area contributed by atoms with Gasteiger partial charge in [-0.25, -0.2) is 8.78 Å². The molecule has 0 N–H and O–H groups in total. The highest BCUT2D eigenvalue weighted by Crippen LogP contribution is 2.47. The largest absolute Gasteiger partial charge is 0.309 e. The zero-order valence-electron chi connectivity index (χ0n) is 49.3. The van der Waals surface area contributed by atoms with E-state index < -0.39 is 32.3 Å². The van der Waals surface area contributed by atoms with E-state index in [0.29, 0.717) is 0 Å². The van der Waals surface area contributed by atoms with Crippen molar-refractivity contribution in [3.05, 3.63) is 218 Å². The number of halogens is 2. The van der Waals surface area contributed by atoms with Gasteiger partial charge >= 0.3 is 0 Å². The van der Waals surface area contributed by atoms with E-state index in [2.05, 4.69) is 245 Å². The van der Waals surface area contributed by atoms with Crippen LogP contribution in [0.4, 0.5) is 8.78 Å². The van der Waals surface area contributed by atoms with Gasteiger partial charge in [-0.1, -0.05) is 233 Å². The first kappa shape index (κ1) is 53.6. The van der Waals surface area contributed by atoms with Gasteiger partial charge in [0.15, 0.2) is 0 Å². The number of hydrogen-bond acceptors (Lipinski definition) is 0. The molecule has 0 unspecified atom stereocenters. The molecule has 8 heteroatoms. The Morgan fingerprint density at radius 2 is 0.476 bits per heavy atom. The van der Waals surface area contributed by atoms with Crippen LogP contribution in [0.1, 0.15) is 0 Å². The number of benzene rings is 11. The second kappa shape index (κ2) is 19.4. The van der Waals surface area contributed by atoms with Gasteiger partial charge in [0.05, 0.1) is 54.4 Å². The lowest BCUT2D eigenvalue weighted by molar-refractivity contribution is 0.627. The minimum absolute atomic E-state index is 0.247. The molecule has 0 bridgehead atoms. The van der Waals surface area contributed by atoms with Crippen LogP contribution in [0, 0.1) is 11.6 Å². The van der Waals surface area contributed by atoms with Gasteiger partial charge in [-0.15, -0.1) is 0 Å². The van der Waals surface area contributed by atoms with E-state index in [1.54, 1.807) is 0 Å². The quantitative estimate of drug-likeness (QED) is 0.0954. The molecule has 0 aliphatic heterocycles. The molecule has 0 radical (unpaired) electrons. The summed E-state index contributed by atoms with van der Waals surface area (Å²) in [4.78, 5) is 0. The fourth-order valence-electron chi connectivity index (χ4n) is 12.5. The standard InChI is InChI=1S/C74H70F2N2Si4/c1-79(2,3)57-31-37-69-63(43-57)64-44-58(80(4,5)6)32-38-70(64)77(69)55-29-35-61-67(41-55)73(51-17-13-47(14-18-51)49-21-25-53(75)26-22-49)62-36-30-56(42-68(62)74(61)52-19-15-48(16-20-52)50-23-27-54(76)28-24-50)78-71-39-33-59(81(7,8)9)45-65(71)66-46-60(82(10,11)12)34-40-72(66)78/h13-46H,1-12H3. The molecule has 0 saturated heterocycles. The van der Waals surface area contributed by atoms with Gasteiger partial charge in [0, 0.05) is 32.9 Å². The van der Waals surface area contributed by atoms with Crippen molar-refractivity contribution in [2.45, 2.75) is 78.6 Å². The Morgan fingerprint density at radius 3 is 0.732 bits per heavy atom. The lowest BCUT2D eigenvalue weighted by Gasteiger charge is -2.21. The normalized spacial score (nSPS) is 12.8. The first-order valence-corrected chi connectivity index (χ1v) is 42.9. The third-order valence-electron chi connectivity index (χ3n) is 17.3. The minimum atomic E-state index is -1.66. The maximum absolute atomic E-state index is 14.3. The van der Waals surface area contributed by atoms with Crippen LogP contribution in [0.3, 0.4) is 0 Å². The Kier molecular flexibility index (Phi) is 12.7. The first-order valence-electron chi connectivity index (χ1n) is 28.9. The second-order valence-electron chi connectivity index (χ2n) is 27.0. The number of rotatable bonds is 10. The highest BCUT2D eigenvalue weighted by molar-refractivity contribution is 6.90. The summed E-state index contributed by atoms with van der Waals surface area (Å²) in [5.74, 6) is -0.494. The topological polar surface area (TPSA) is 9.86 Å². The van der Waals surface area contributed by atoms with Crippen LogP contribution < -0.4 is 20.7 Å². The lowest BCUT2D eigenvalue weighted by Crippen LogP contribution is -2.37. The smallest absolute Gasteiger partial charge is 0.123 e. The van der Waals surface area contributed by atoms with Crippen LogP contribution >= 0.6 is 0 Å². The van der Waals surface area contributed by atoms with Crippen LogP contribution in [0.15, 0.2) is 206 Å². The summed E-state index contributed by atoms with van der Waals surface area (Å²) < 4.78 is 33.5. The van der Waals surface area contributed by atoms with Crippen molar-refractivity contribution in [3.8, 4) is 55.9 Å². The Bertz CT molecular complexity index is 4250. The van der Waals surface area contributed by atoms with E-state index in [1.165, 1.54) is 88.6 Å². The van der Waals surface area contributed by atoms with E-state index >= 15 is 0 Å². The third-order valence-corrected chi connectivity index (χ3v) is 25.5. The fourth-order valence-corrected chi connectivity index (χ4v) is 17.2. The predicted octanol–water partition coefficient (Wildman–Crippen LogP) is 19.3. The summed E-state index contributed by atoms with van der Waals surface area (Å²) in [7, 11) is -6.63. The average molecular weight is 1140 g/mol. The van der Waals surface area contributed by atoms with Crippen LogP contribution in [0.25, 0.3) is 121 Å². The summed E-state index contributed by atoms with van der Waals surface area (Å²) >= 11 is 0. The fraction of sp³-hybridized carbons (Fsp3) is 0.162. The molecule has 0 spiro atoms. The van der Waals surface area contributed by atoms with Crippen LogP contribution in [0.2, 0.25) is 78.6 Å². The average Bonchev–Trinajstić information content (AvgIpc) is 2.10. The summed E-state index contributed by atoms with van der Waals surface area (Å²) in [6, 6.07) is 74.6. The highest BCUT2D eigenvalue weighted by atomic mass is 28.3. The Hall–Kier alpha value is -7.73. The third kappa shape index (κ3) is 9.34. The minimum Gasteiger partial charge on any atom is -0.309 e. The molecule has 0 aliphatic carbocycles. The number of hydrogen-bond donors (Lipinski definition) is 0. The zero-order valence-corrected chi connectivity index (χ0v) is 53.3. The van der Waals surface area contributed by atoms with Crippen molar-refractivity contribution in [2.24, 2.45) is 0 Å². The second-order valence-corrected chi connectivity index (χ2v) is 47.3. The molecule has 82 heavy (non-hydrogen) atoms. The number of nitrogens with zero attached hydrogens (tertiary/aromatic N) is 2. The Balaban J connectivity index is 1.13. The van der Waals surface area contributed by atoms with Crippen molar-refractivity contribution in [3.63, 3.8) is 0 Å². The molecular weight excluding hydrogens is 1070 g/mol. The van der Waals surface area contributed by atoms with Crippen molar-refractivity contribution in [1.29, 1.82) is 0 Å². The summed E-state index contributed by atoms with van der Waals surface area (Å²) in [5, 5.41) is 15.6. The first-order chi connectivity index (χ1) is 39.0. The molecule has 0 amide bonds. The van der Waals surface area contributed by atoms with Gasteiger partial charge in [-0.05, 0) is 139 Å². The van der Waals surface area contributed by atoms with E-state index in [0.717, 1.165) is 77.4 Å². The van der Waals surface area contributed by atoms with Crippen LogP contribution in [0.5, 0.6) is 0 Å². The van der Waals surface area contributed by atoms with Gasteiger partial charge < -0.3 is 9.13 Å². The van der Waals surface area contributed by atoms with Crippen molar-refractivity contribution < 1.29 is 8.78 Å². The van der Waals surface area contributed by atoms with E-state index in [-0.39, 0.29) is 11.6 Å². The van der Waals surface area contributed by atoms with Crippen molar-refractivity contribution in [2.75, 3.05) is 0 Å². The van der Waals surface area contributed by atoms with Crippen LogP contribution in [-0.4, -0.2) is 41.4 Å². The zero-order chi connectivity index (χ0) is 57.4. The Morgan fingerprint density at radius 1 is 0.232 bits per heavy atom. The molecule has 2 heterocycles. The molecule has 11 aromatic carbocycles. The molecule has 406 valence electrons. The number of aromatic nitrogens is 2. The molecule has 0 saturated carbocycles. The molecular formula is C74H70F2N2Si4. The maximum atomic E-state index is 14.3. The summed E-state index contributed by atoms with van der Waals surface area (Å²) in [5.41, 5.74) is 15.5. The van der Waals surface area contributed by atoms with Gasteiger partial charge in [0.25, 0.3) is 0 Å². The molecule has 0 aliphatic rings. The van der Waals surface area contributed by atoms with Gasteiger partial charge in [-0.3, -0.25) is 0 Å². The summed E-state index contributed by atoms with van der Waals surface area (Å²) in [6.45, 7) is 29.3. The van der Waals surface area contributed by atoms with Gasteiger partial charge in [0.1, 0.15) is 11.6 Å². The number of fused-ring (bicyclic) bond motifs is 8. The van der Waals surface area contributed by atoms with Crippen LogP contribution in [-0.2, 0) is 0 Å². The molecule has 13 rings (SSSR count). The van der Waals surface area contributed by atoms with Crippen molar-refractivity contribution >= 4 is 118 Å². The van der Waals surface area contributed by atoms with E-state index in [9.17, 15) is 8.78 Å². The monoisotopic (exact) mass is 1140 g/mol. The molecule has 2 nitrogen and oxygen atoms in total. The van der Waals surface area contributed by atoms with E-state index in [1.807, 2.05) is 24.3 Å². The predicted molar refractivity (Wildman–Crippen MR) is 364 cm³/mol. The van der Waals surface area contributed by atoms with Gasteiger partial charge in [0.2, 0.25) is 0 Å². The maximum Gasteiger partial charge on any atom is 0.123 e. The van der Waals surface area contributed by atoms with Gasteiger partial charge in [-0.2, -0.15) is 0 Å². The molecule has 2 aromatic heterocycles. The molecule has 0 atom stereocenters. The highest BCUT2D eigenvalue weighted by Gasteiger charge is 2.27. The SMILES string of the molecule is C[Si](C)(C)c1ccc2c(c1)c1cc([Si](C)(C)C)ccc1n2-c1ccc2c(-c3ccc(-c4ccc(F)cc4)cc3)c3cc(-n4c5ccc([Si](C)(C)C)cc5c5cc([Si](C)(C)C)ccc54)ccc3c(-c3ccc(-c4ccc(F)cc4)cc3)c2c1.